The number of aliphatic hydroxyl groups excluding tert-OH is 2. The Labute approximate surface area is 321 Å². The van der Waals surface area contributed by atoms with Crippen LogP contribution in [0.3, 0.4) is 0 Å². The highest BCUT2D eigenvalue weighted by atomic mass is 32.2. The van der Waals surface area contributed by atoms with Crippen molar-refractivity contribution in [3.05, 3.63) is 12.7 Å². The van der Waals surface area contributed by atoms with Crippen LogP contribution in [0.4, 0.5) is 5.82 Å². The SMILES string of the molecule is CC(C)(COP(=O)(O)OP(=O)(O)OCC1OC(C)(n2cnc3c(N)ncnc32)C(O)C1OP(=O)(O)O)C(O)C(=O)NCCC(=O)NCCSC(=O)CCC(=O)O. The van der Waals surface area contributed by atoms with Crippen molar-refractivity contribution in [3.8, 4) is 0 Å². The van der Waals surface area contributed by atoms with Crippen molar-refractivity contribution in [2.45, 2.75) is 70.2 Å². The van der Waals surface area contributed by atoms with E-state index >= 15 is 0 Å². The minimum absolute atomic E-state index is 0.00813. The van der Waals surface area contributed by atoms with Crippen LogP contribution in [-0.2, 0) is 61.2 Å². The van der Waals surface area contributed by atoms with Crippen molar-refractivity contribution in [1.82, 2.24) is 30.2 Å². The van der Waals surface area contributed by atoms with Gasteiger partial charge in [0, 0.05) is 37.1 Å². The summed E-state index contributed by atoms with van der Waals surface area (Å²) in [6.45, 7) is 1.42. The average molecular weight is 882 g/mol. The van der Waals surface area contributed by atoms with Crippen molar-refractivity contribution < 1.29 is 90.4 Å². The van der Waals surface area contributed by atoms with Crippen LogP contribution in [0.15, 0.2) is 12.7 Å². The number of nitrogen functional groups attached to an aromatic ring is 1. The topological polar surface area (TPSA) is 401 Å². The molecular weight excluding hydrogens is 839 g/mol. The molecule has 30 heteroatoms. The smallest absolute Gasteiger partial charge is 0.481 e. The molecular formula is C26H42N7O19P3S. The highest BCUT2D eigenvalue weighted by molar-refractivity contribution is 8.13. The lowest BCUT2D eigenvalue weighted by atomic mass is 9.87. The van der Waals surface area contributed by atoms with Crippen LogP contribution in [0.1, 0.15) is 40.0 Å². The number of ether oxygens (including phenoxy) is 1. The molecule has 1 aliphatic rings. The molecule has 2 aromatic heterocycles. The van der Waals surface area contributed by atoms with Gasteiger partial charge in [-0.3, -0.25) is 37.3 Å². The molecule has 26 nitrogen and oxygen atoms in total. The number of phosphoric ester groups is 3. The lowest BCUT2D eigenvalue weighted by Gasteiger charge is -2.30. The number of carboxylic acids is 1. The Bertz CT molecular complexity index is 1900. The van der Waals surface area contributed by atoms with Crippen molar-refractivity contribution in [1.29, 1.82) is 0 Å². The van der Waals surface area contributed by atoms with Crippen LogP contribution in [0, 0.1) is 5.41 Å². The summed E-state index contributed by atoms with van der Waals surface area (Å²) in [5.74, 6) is -2.52. The van der Waals surface area contributed by atoms with E-state index in [0.717, 1.165) is 29.0 Å². The summed E-state index contributed by atoms with van der Waals surface area (Å²) >= 11 is 0.849. The Kier molecular flexibility index (Phi) is 16.2. The van der Waals surface area contributed by atoms with Gasteiger partial charge in [0.15, 0.2) is 22.3 Å². The third kappa shape index (κ3) is 13.6. The monoisotopic (exact) mass is 881 g/mol. The second-order valence-corrected chi connectivity index (χ2v) is 18.1. The number of anilines is 1. The Morgan fingerprint density at radius 3 is 2.34 bits per heavy atom. The zero-order chi connectivity index (χ0) is 42.3. The van der Waals surface area contributed by atoms with Crippen molar-refractivity contribution >= 4 is 75.1 Å². The van der Waals surface area contributed by atoms with Crippen molar-refractivity contribution in [2.75, 3.05) is 37.8 Å². The number of nitrogens with two attached hydrogens (primary N) is 1. The molecule has 0 saturated carbocycles. The van der Waals surface area contributed by atoms with E-state index in [1.807, 2.05) is 0 Å². The molecule has 7 unspecified atom stereocenters. The average Bonchev–Trinajstić information content (AvgIpc) is 3.63. The van der Waals surface area contributed by atoms with Gasteiger partial charge in [-0.15, -0.1) is 0 Å². The molecule has 2 amide bonds. The summed E-state index contributed by atoms with van der Waals surface area (Å²) < 4.78 is 62.5. The van der Waals surface area contributed by atoms with Gasteiger partial charge >= 0.3 is 29.4 Å². The Morgan fingerprint density at radius 2 is 1.70 bits per heavy atom. The fraction of sp³-hybridized carbons (Fsp3) is 0.654. The summed E-state index contributed by atoms with van der Waals surface area (Å²) in [5.41, 5.74) is 2.23. The number of hydrogen-bond acceptors (Lipinski definition) is 19. The number of hydrogen-bond donors (Lipinski definition) is 10. The minimum atomic E-state index is -5.61. The number of carbonyl (C=O) groups excluding carboxylic acids is 3. The molecule has 11 N–H and O–H groups in total. The largest absolute Gasteiger partial charge is 0.481 e. The van der Waals surface area contributed by atoms with Gasteiger partial charge in [0.05, 0.1) is 26.0 Å². The van der Waals surface area contributed by atoms with E-state index in [4.69, 9.17) is 29.1 Å². The molecule has 316 valence electrons. The van der Waals surface area contributed by atoms with Gasteiger partial charge in [-0.1, -0.05) is 25.6 Å². The van der Waals surface area contributed by atoms with Crippen molar-refractivity contribution in [3.63, 3.8) is 0 Å². The maximum atomic E-state index is 12.7. The first-order valence-corrected chi connectivity index (χ1v) is 21.6. The molecule has 0 aromatic carbocycles. The van der Waals surface area contributed by atoms with Gasteiger partial charge in [0.1, 0.15) is 36.3 Å². The second-order valence-electron chi connectivity index (χ2n) is 12.7. The zero-order valence-electron chi connectivity index (χ0n) is 29.8. The van der Waals surface area contributed by atoms with Gasteiger partial charge in [0.2, 0.25) is 11.8 Å². The third-order valence-electron chi connectivity index (χ3n) is 7.79. The number of imidazole rings is 1. The lowest BCUT2D eigenvalue weighted by molar-refractivity contribution is -0.138. The predicted molar refractivity (Wildman–Crippen MR) is 189 cm³/mol. The number of nitrogens with zero attached hydrogens (tertiary/aromatic N) is 4. The number of phosphoric acid groups is 3. The van der Waals surface area contributed by atoms with Crippen LogP contribution in [0.2, 0.25) is 0 Å². The Morgan fingerprint density at radius 1 is 1.04 bits per heavy atom. The van der Waals surface area contributed by atoms with E-state index in [9.17, 15) is 62.7 Å². The van der Waals surface area contributed by atoms with E-state index in [2.05, 4.69) is 29.9 Å². The Hall–Kier alpha value is -2.97. The van der Waals surface area contributed by atoms with Crippen LogP contribution in [-0.4, -0.2) is 134 Å². The molecule has 1 saturated heterocycles. The molecule has 0 radical (unpaired) electrons. The molecule has 1 fully saturated rings. The number of nitrogens with one attached hydrogen (secondary N) is 2. The predicted octanol–water partition coefficient (Wildman–Crippen LogP) is -1.30. The van der Waals surface area contributed by atoms with E-state index in [-0.39, 0.29) is 60.2 Å². The summed E-state index contributed by atoms with van der Waals surface area (Å²) in [6, 6.07) is 0. The van der Waals surface area contributed by atoms with Gasteiger partial charge in [-0.25, -0.2) is 28.6 Å². The second kappa shape index (κ2) is 19.2. The molecule has 3 rings (SSSR count). The quantitative estimate of drug-likeness (QED) is 0.0485. The van der Waals surface area contributed by atoms with Crippen LogP contribution < -0.4 is 16.4 Å². The van der Waals surface area contributed by atoms with E-state index < -0.39 is 90.0 Å². The highest BCUT2D eigenvalue weighted by Gasteiger charge is 2.57. The first kappa shape index (κ1) is 47.4. The van der Waals surface area contributed by atoms with Gasteiger partial charge in [-0.2, -0.15) is 4.31 Å². The van der Waals surface area contributed by atoms with E-state index in [1.165, 1.54) is 20.8 Å². The van der Waals surface area contributed by atoms with Crippen LogP contribution >= 0.6 is 35.2 Å². The summed E-state index contributed by atoms with van der Waals surface area (Å²) in [6.07, 6.45) is -6.13. The number of aliphatic hydroxyl groups is 2. The van der Waals surface area contributed by atoms with Gasteiger partial charge in [-0.05, 0) is 6.92 Å². The van der Waals surface area contributed by atoms with Gasteiger partial charge < -0.3 is 56.0 Å². The number of fused-ring (bicyclic) bond motifs is 1. The van der Waals surface area contributed by atoms with E-state index in [0.29, 0.717) is 0 Å². The standard InChI is InChI=1S/C26H42N7O19P3S/c1-25(2,21(39)24(40)29-7-6-15(34)28-8-9-56-17(37)5-4-16(35)36)11-49-55(46,47)52-54(44,45)48-10-14-19(51-53(41,42)43)20(38)26(3,50-14)33-13-32-18-22(27)30-12-31-23(18)33/h12-14,19-21,38-39H,4-11H2,1-3H3,(H,28,34)(H,29,40)(H,35,36)(H,44,45)(H,46,47)(H2,27,30,31)(H2,41,42,43). The molecule has 56 heavy (non-hydrogen) atoms. The first-order valence-electron chi connectivity index (χ1n) is 16.1. The molecule has 0 aliphatic carbocycles. The number of thioether (sulfide) groups is 1. The van der Waals surface area contributed by atoms with Crippen molar-refractivity contribution in [2.24, 2.45) is 5.41 Å². The number of aromatic nitrogens is 4. The molecule has 1 aliphatic heterocycles. The summed E-state index contributed by atoms with van der Waals surface area (Å²) in [4.78, 5) is 97.8. The summed E-state index contributed by atoms with van der Waals surface area (Å²) in [5, 5.41) is 34.7. The number of aliphatic carboxylic acids is 1. The third-order valence-corrected chi connectivity index (χ3v) is 11.8. The normalized spacial score (nSPS) is 22.9. The van der Waals surface area contributed by atoms with Crippen LogP contribution in [0.25, 0.3) is 11.2 Å². The molecule has 7 atom stereocenters. The number of carboxylic acid groups (broad SMARTS) is 1. The zero-order valence-corrected chi connectivity index (χ0v) is 33.3. The van der Waals surface area contributed by atoms with E-state index in [1.54, 1.807) is 0 Å². The highest BCUT2D eigenvalue weighted by Crippen LogP contribution is 2.61. The molecule has 2 aromatic rings. The molecule has 3 heterocycles. The number of carbonyl (C=O) groups is 4. The maximum Gasteiger partial charge on any atom is 0.481 e. The first-order chi connectivity index (χ1) is 25.8. The van der Waals surface area contributed by atoms with Crippen LogP contribution in [0.5, 0.6) is 0 Å². The Balaban J connectivity index is 1.52. The lowest BCUT2D eigenvalue weighted by Crippen LogP contribution is -2.46. The maximum absolute atomic E-state index is 12.7. The summed E-state index contributed by atoms with van der Waals surface area (Å²) in [7, 11) is -16.5. The number of amides is 2. The molecule has 0 spiro atoms. The molecule has 0 bridgehead atoms. The van der Waals surface area contributed by atoms with Gasteiger partial charge in [0.25, 0.3) is 0 Å². The fourth-order valence-corrected chi connectivity index (χ4v) is 8.39. The number of rotatable bonds is 22. The fourth-order valence-electron chi connectivity index (χ4n) is 4.89. The minimum Gasteiger partial charge on any atom is -0.481 e.